The maximum Gasteiger partial charge on any atom is 0.248 e. The van der Waals surface area contributed by atoms with Crippen molar-refractivity contribution in [3.63, 3.8) is 0 Å². The molecule has 2 aromatic carbocycles. The highest BCUT2D eigenvalue weighted by atomic mass is 16.1. The highest BCUT2D eigenvalue weighted by Crippen LogP contribution is 2.28. The number of aryl methyl sites for hydroxylation is 2. The Morgan fingerprint density at radius 1 is 1.04 bits per heavy atom. The molecule has 0 bridgehead atoms. The van der Waals surface area contributed by atoms with Crippen LogP contribution in [0.2, 0.25) is 0 Å². The van der Waals surface area contributed by atoms with E-state index in [2.05, 4.69) is 15.3 Å². The lowest BCUT2D eigenvalue weighted by Crippen LogP contribution is -2.07. The molecule has 0 saturated carbocycles. The van der Waals surface area contributed by atoms with Gasteiger partial charge in [-0.1, -0.05) is 36.4 Å². The van der Waals surface area contributed by atoms with E-state index in [1.165, 1.54) is 6.08 Å². The second-order valence-corrected chi connectivity index (χ2v) is 6.24. The number of aromatic nitrogens is 2. The van der Waals surface area contributed by atoms with Crippen molar-refractivity contribution in [2.75, 3.05) is 16.8 Å². The lowest BCUT2D eigenvalue weighted by molar-refractivity contribution is -0.111. The Kier molecular flexibility index (Phi) is 5.17. The Morgan fingerprint density at radius 3 is 2.44 bits per heavy atom. The van der Waals surface area contributed by atoms with Gasteiger partial charge in [-0.15, -0.1) is 0 Å². The number of hydrogen-bond acceptors (Lipinski definition) is 5. The van der Waals surface area contributed by atoms with Gasteiger partial charge in [-0.3, -0.25) is 4.79 Å². The van der Waals surface area contributed by atoms with Crippen molar-refractivity contribution in [2.24, 2.45) is 0 Å². The molecule has 1 heterocycles. The average molecular weight is 359 g/mol. The molecule has 0 radical (unpaired) electrons. The molecule has 0 spiro atoms. The van der Waals surface area contributed by atoms with E-state index in [1.807, 2.05) is 62.4 Å². The lowest BCUT2D eigenvalue weighted by atomic mass is 10.0. The smallest absolute Gasteiger partial charge is 0.248 e. The number of nitrogens with one attached hydrogen (secondary N) is 1. The molecule has 0 atom stereocenters. The molecule has 1 aromatic heterocycles. The predicted molar refractivity (Wildman–Crippen MR) is 110 cm³/mol. The standard InChI is InChI=1S/C21H21N5O/c1-13-4-3-5-17(12-13)25-18(27)11-8-15-6-9-16(10-7-15)19-14(2)24-21(23)26-20(19)22/h3-12H,1-2H3,(H,25,27)(H4,22,23,24,26)/b11-8+. The molecular weight excluding hydrogens is 338 g/mol. The highest BCUT2D eigenvalue weighted by molar-refractivity contribution is 6.02. The summed E-state index contributed by atoms with van der Waals surface area (Å²) in [5.74, 6) is 0.324. The second kappa shape index (κ2) is 7.70. The normalized spacial score (nSPS) is 10.9. The first-order valence-corrected chi connectivity index (χ1v) is 8.48. The van der Waals surface area contributed by atoms with Crippen LogP contribution in [0.1, 0.15) is 16.8 Å². The Labute approximate surface area is 158 Å². The number of anilines is 3. The monoisotopic (exact) mass is 359 g/mol. The van der Waals surface area contributed by atoms with Gasteiger partial charge < -0.3 is 16.8 Å². The van der Waals surface area contributed by atoms with Crippen molar-refractivity contribution in [1.82, 2.24) is 9.97 Å². The number of rotatable bonds is 4. The molecule has 6 heteroatoms. The second-order valence-electron chi connectivity index (χ2n) is 6.24. The first-order valence-electron chi connectivity index (χ1n) is 8.48. The quantitative estimate of drug-likeness (QED) is 0.617. The Balaban J connectivity index is 1.72. The van der Waals surface area contributed by atoms with E-state index in [1.54, 1.807) is 6.08 Å². The fourth-order valence-corrected chi connectivity index (χ4v) is 2.81. The van der Waals surface area contributed by atoms with E-state index >= 15 is 0 Å². The van der Waals surface area contributed by atoms with Crippen molar-refractivity contribution in [1.29, 1.82) is 0 Å². The summed E-state index contributed by atoms with van der Waals surface area (Å²) in [6.07, 6.45) is 3.26. The number of carbonyl (C=O) groups excluding carboxylic acids is 1. The van der Waals surface area contributed by atoms with E-state index in [-0.39, 0.29) is 11.9 Å². The molecule has 27 heavy (non-hydrogen) atoms. The molecular formula is C21H21N5O. The van der Waals surface area contributed by atoms with Crippen molar-refractivity contribution >= 4 is 29.4 Å². The predicted octanol–water partition coefficient (Wildman–Crippen LogP) is 3.58. The van der Waals surface area contributed by atoms with Crippen LogP contribution >= 0.6 is 0 Å². The minimum Gasteiger partial charge on any atom is -0.383 e. The van der Waals surface area contributed by atoms with Crippen molar-refractivity contribution in [3.8, 4) is 11.1 Å². The summed E-state index contributed by atoms with van der Waals surface area (Å²) in [6.45, 7) is 3.82. The van der Waals surface area contributed by atoms with E-state index < -0.39 is 0 Å². The molecule has 1 amide bonds. The van der Waals surface area contributed by atoms with Gasteiger partial charge in [-0.2, -0.15) is 4.98 Å². The van der Waals surface area contributed by atoms with Crippen LogP contribution in [0.3, 0.4) is 0 Å². The van der Waals surface area contributed by atoms with Gasteiger partial charge in [0.15, 0.2) is 0 Å². The number of hydrogen-bond donors (Lipinski definition) is 3. The Hall–Kier alpha value is -3.67. The number of nitrogens with two attached hydrogens (primary N) is 2. The fourth-order valence-electron chi connectivity index (χ4n) is 2.81. The molecule has 0 aliphatic heterocycles. The lowest BCUT2D eigenvalue weighted by Gasteiger charge is -2.09. The van der Waals surface area contributed by atoms with Gasteiger partial charge in [-0.05, 0) is 48.7 Å². The van der Waals surface area contributed by atoms with Crippen molar-refractivity contribution < 1.29 is 4.79 Å². The third kappa shape index (κ3) is 4.49. The zero-order valence-electron chi connectivity index (χ0n) is 15.2. The molecule has 0 unspecified atom stereocenters. The maximum absolute atomic E-state index is 12.1. The summed E-state index contributed by atoms with van der Waals surface area (Å²) in [5, 5.41) is 2.84. The van der Waals surface area contributed by atoms with Crippen LogP contribution in [0, 0.1) is 13.8 Å². The highest BCUT2D eigenvalue weighted by Gasteiger charge is 2.10. The van der Waals surface area contributed by atoms with Crippen LogP contribution in [0.5, 0.6) is 0 Å². The number of nitrogen functional groups attached to an aromatic ring is 2. The Morgan fingerprint density at radius 2 is 1.78 bits per heavy atom. The minimum atomic E-state index is -0.184. The van der Waals surface area contributed by atoms with Gasteiger partial charge in [0.2, 0.25) is 11.9 Å². The number of nitrogens with zero attached hydrogens (tertiary/aromatic N) is 2. The maximum atomic E-state index is 12.1. The minimum absolute atomic E-state index is 0.160. The van der Waals surface area contributed by atoms with Crippen LogP contribution in [-0.2, 0) is 4.79 Å². The van der Waals surface area contributed by atoms with E-state index in [0.29, 0.717) is 5.82 Å². The van der Waals surface area contributed by atoms with E-state index in [0.717, 1.165) is 33.6 Å². The van der Waals surface area contributed by atoms with Crippen LogP contribution < -0.4 is 16.8 Å². The summed E-state index contributed by atoms with van der Waals surface area (Å²) >= 11 is 0. The molecule has 6 nitrogen and oxygen atoms in total. The summed E-state index contributed by atoms with van der Waals surface area (Å²) < 4.78 is 0. The van der Waals surface area contributed by atoms with Gasteiger partial charge in [0.05, 0.1) is 5.69 Å². The van der Waals surface area contributed by atoms with Crippen molar-refractivity contribution in [2.45, 2.75) is 13.8 Å². The van der Waals surface area contributed by atoms with Gasteiger partial charge >= 0.3 is 0 Å². The Bertz CT molecular complexity index is 986. The molecule has 3 aromatic rings. The van der Waals surface area contributed by atoms with Crippen LogP contribution in [0.25, 0.3) is 17.2 Å². The van der Waals surface area contributed by atoms with Crippen LogP contribution in [0.15, 0.2) is 54.6 Å². The van der Waals surface area contributed by atoms with Gasteiger partial charge in [0.1, 0.15) is 5.82 Å². The third-order valence-electron chi connectivity index (χ3n) is 4.05. The zero-order valence-corrected chi connectivity index (χ0v) is 15.2. The van der Waals surface area contributed by atoms with Crippen LogP contribution in [-0.4, -0.2) is 15.9 Å². The summed E-state index contributed by atoms with van der Waals surface area (Å²) in [4.78, 5) is 20.2. The van der Waals surface area contributed by atoms with Crippen LogP contribution in [0.4, 0.5) is 17.5 Å². The topological polar surface area (TPSA) is 107 Å². The molecule has 3 rings (SSSR count). The van der Waals surface area contributed by atoms with E-state index in [4.69, 9.17) is 11.5 Å². The first kappa shape index (κ1) is 18.1. The van der Waals surface area contributed by atoms with Gasteiger partial charge in [-0.25, -0.2) is 4.98 Å². The van der Waals surface area contributed by atoms with E-state index in [9.17, 15) is 4.79 Å². The molecule has 5 N–H and O–H groups in total. The SMILES string of the molecule is Cc1cccc(NC(=O)/C=C/c2ccc(-c3c(C)nc(N)nc3N)cc2)c1. The average Bonchev–Trinajstić information content (AvgIpc) is 2.60. The molecule has 0 aliphatic carbocycles. The first-order chi connectivity index (χ1) is 12.9. The fraction of sp³-hybridized carbons (Fsp3) is 0.0952. The van der Waals surface area contributed by atoms with Gasteiger partial charge in [0.25, 0.3) is 0 Å². The third-order valence-corrected chi connectivity index (χ3v) is 4.05. The largest absolute Gasteiger partial charge is 0.383 e. The number of carbonyl (C=O) groups is 1. The number of amides is 1. The molecule has 0 fully saturated rings. The summed E-state index contributed by atoms with van der Waals surface area (Å²) in [6, 6.07) is 15.3. The van der Waals surface area contributed by atoms with Gasteiger partial charge in [0, 0.05) is 17.3 Å². The summed E-state index contributed by atoms with van der Waals surface area (Å²) in [5.41, 5.74) is 16.7. The molecule has 136 valence electrons. The van der Waals surface area contributed by atoms with Crippen molar-refractivity contribution in [3.05, 3.63) is 71.4 Å². The summed E-state index contributed by atoms with van der Waals surface area (Å²) in [7, 11) is 0. The zero-order chi connectivity index (χ0) is 19.4. The number of benzene rings is 2. The molecule has 0 saturated heterocycles. The molecule has 0 aliphatic rings.